The fourth-order valence-electron chi connectivity index (χ4n) is 2.13. The Kier molecular flexibility index (Phi) is 1.97. The van der Waals surface area contributed by atoms with Gasteiger partial charge in [-0.05, 0) is 19.8 Å². The summed E-state index contributed by atoms with van der Waals surface area (Å²) in [5.41, 5.74) is 1.73. The summed E-state index contributed by atoms with van der Waals surface area (Å²) in [6, 6.07) is -0.374. The van der Waals surface area contributed by atoms with Crippen molar-refractivity contribution in [1.29, 1.82) is 0 Å². The van der Waals surface area contributed by atoms with Crippen molar-refractivity contribution in [2.45, 2.75) is 31.2 Å². The molecule has 0 amide bonds. The molecule has 1 saturated carbocycles. The number of aliphatic imine (C=N–C) groups is 1. The monoisotopic (exact) mass is 234 g/mol. The first-order chi connectivity index (χ1) is 7.25. The number of hydrogen-bond donors (Lipinski definition) is 2. The number of rotatable bonds is 2. The lowest BCUT2D eigenvalue weighted by molar-refractivity contribution is -0.167. The lowest BCUT2D eigenvalue weighted by atomic mass is 9.77. The molecule has 0 spiro atoms. The Labute approximate surface area is 90.3 Å². The number of halogens is 2. The van der Waals surface area contributed by atoms with Crippen LogP contribution in [0.3, 0.4) is 0 Å². The molecule has 0 bridgehead atoms. The molecule has 1 aliphatic carbocycles. The van der Waals surface area contributed by atoms with E-state index in [-0.39, 0.29) is 18.9 Å². The molecule has 90 valence electrons. The highest BCUT2D eigenvalue weighted by Gasteiger charge is 2.73. The lowest BCUT2D eigenvalue weighted by Crippen LogP contribution is -2.60. The number of alkyl halides is 2. The van der Waals surface area contributed by atoms with Crippen LogP contribution in [0.5, 0.6) is 0 Å². The third-order valence-corrected chi connectivity index (χ3v) is 3.54. The molecule has 16 heavy (non-hydrogen) atoms. The summed E-state index contributed by atoms with van der Waals surface area (Å²) in [5, 5.41) is 9.06. The van der Waals surface area contributed by atoms with Gasteiger partial charge < -0.3 is 15.6 Å². The third kappa shape index (κ3) is 1.14. The SMILES string of the molecule is CC1(C2(C(=O)O)CC2)N=C(N)OCC1(F)F. The zero-order valence-corrected chi connectivity index (χ0v) is 8.67. The second-order valence-electron chi connectivity index (χ2n) is 4.40. The van der Waals surface area contributed by atoms with Crippen molar-refractivity contribution < 1.29 is 23.4 Å². The smallest absolute Gasteiger partial charge is 0.312 e. The minimum absolute atomic E-state index is 0.186. The Morgan fingerprint density at radius 2 is 2.12 bits per heavy atom. The number of carboxylic acids is 1. The average molecular weight is 234 g/mol. The second-order valence-corrected chi connectivity index (χ2v) is 4.40. The summed E-state index contributed by atoms with van der Waals surface area (Å²) in [7, 11) is 0. The lowest BCUT2D eigenvalue weighted by Gasteiger charge is -2.41. The highest BCUT2D eigenvalue weighted by Crippen LogP contribution is 2.61. The predicted molar refractivity (Wildman–Crippen MR) is 50.2 cm³/mol. The maximum atomic E-state index is 13.8. The van der Waals surface area contributed by atoms with Gasteiger partial charge in [-0.25, -0.2) is 13.8 Å². The Bertz CT molecular complexity index is 379. The van der Waals surface area contributed by atoms with Gasteiger partial charge in [-0.15, -0.1) is 0 Å². The number of amidine groups is 1. The highest BCUT2D eigenvalue weighted by molar-refractivity contribution is 5.82. The van der Waals surface area contributed by atoms with E-state index in [1.54, 1.807) is 0 Å². The number of carbonyl (C=O) groups is 1. The fraction of sp³-hybridized carbons (Fsp3) is 0.778. The molecule has 3 N–H and O–H groups in total. The number of ether oxygens (including phenoxy) is 1. The molecule has 0 aromatic heterocycles. The van der Waals surface area contributed by atoms with Crippen LogP contribution in [-0.4, -0.2) is 35.2 Å². The third-order valence-electron chi connectivity index (χ3n) is 3.54. The predicted octanol–water partition coefficient (Wildman–Crippen LogP) is 0.590. The van der Waals surface area contributed by atoms with E-state index in [1.165, 1.54) is 0 Å². The summed E-state index contributed by atoms with van der Waals surface area (Å²) in [4.78, 5) is 14.7. The van der Waals surface area contributed by atoms with E-state index in [0.29, 0.717) is 0 Å². The largest absolute Gasteiger partial charge is 0.481 e. The van der Waals surface area contributed by atoms with Gasteiger partial charge in [0.15, 0.2) is 6.61 Å². The van der Waals surface area contributed by atoms with Crippen LogP contribution >= 0.6 is 0 Å². The fourth-order valence-corrected chi connectivity index (χ4v) is 2.13. The van der Waals surface area contributed by atoms with Crippen molar-refractivity contribution in [3.63, 3.8) is 0 Å². The summed E-state index contributed by atoms with van der Waals surface area (Å²) in [6.45, 7) is 0.206. The number of hydrogen-bond acceptors (Lipinski definition) is 4. The van der Waals surface area contributed by atoms with Gasteiger partial charge in [-0.3, -0.25) is 4.79 Å². The van der Waals surface area contributed by atoms with Crippen LogP contribution in [0, 0.1) is 5.41 Å². The number of nitrogens with two attached hydrogens (primary N) is 1. The zero-order chi connectivity index (χ0) is 12.2. The first kappa shape index (κ1) is 11.1. The first-order valence-corrected chi connectivity index (χ1v) is 4.85. The standard InChI is InChI=1S/C9H12F2N2O3/c1-7(8(2-3-8)5(14)15)9(10,11)4-16-6(12)13-7/h2-4H2,1H3,(H2,12,13)(H,14,15). The van der Waals surface area contributed by atoms with Gasteiger partial charge in [0, 0.05) is 0 Å². The van der Waals surface area contributed by atoms with Crippen LogP contribution in [0.2, 0.25) is 0 Å². The maximum Gasteiger partial charge on any atom is 0.312 e. The van der Waals surface area contributed by atoms with Gasteiger partial charge in [0.2, 0.25) is 0 Å². The Hall–Kier alpha value is -1.40. The van der Waals surface area contributed by atoms with Crippen LogP contribution in [-0.2, 0) is 9.53 Å². The first-order valence-electron chi connectivity index (χ1n) is 4.85. The van der Waals surface area contributed by atoms with Gasteiger partial charge >= 0.3 is 11.9 Å². The van der Waals surface area contributed by atoms with Crippen LogP contribution in [0.1, 0.15) is 19.8 Å². The molecule has 0 aromatic carbocycles. The van der Waals surface area contributed by atoms with Crippen LogP contribution in [0.25, 0.3) is 0 Å². The molecule has 0 radical (unpaired) electrons. The molecule has 1 atom stereocenters. The summed E-state index contributed by atoms with van der Waals surface area (Å²) >= 11 is 0. The quantitative estimate of drug-likeness (QED) is 0.732. The summed E-state index contributed by atoms with van der Waals surface area (Å²) in [5.74, 6) is -4.58. The molecule has 1 fully saturated rings. The molecule has 2 rings (SSSR count). The molecule has 1 aliphatic heterocycles. The van der Waals surface area contributed by atoms with Crippen molar-refractivity contribution in [2.75, 3.05) is 6.61 Å². The minimum Gasteiger partial charge on any atom is -0.481 e. The van der Waals surface area contributed by atoms with E-state index >= 15 is 0 Å². The molecule has 1 unspecified atom stereocenters. The molecule has 7 heteroatoms. The van der Waals surface area contributed by atoms with E-state index < -0.39 is 29.5 Å². The van der Waals surface area contributed by atoms with Gasteiger partial charge in [0.25, 0.3) is 6.02 Å². The zero-order valence-electron chi connectivity index (χ0n) is 8.67. The maximum absolute atomic E-state index is 13.8. The second kappa shape index (κ2) is 2.83. The van der Waals surface area contributed by atoms with Crippen LogP contribution in [0.15, 0.2) is 4.99 Å². The Balaban J connectivity index is 2.49. The summed E-state index contributed by atoms with van der Waals surface area (Å²) in [6.07, 6.45) is 0.371. The van der Waals surface area contributed by atoms with E-state index in [0.717, 1.165) is 6.92 Å². The van der Waals surface area contributed by atoms with Gasteiger partial charge in [0.05, 0.1) is 5.41 Å². The van der Waals surface area contributed by atoms with Gasteiger partial charge in [0.1, 0.15) is 5.54 Å². The topological polar surface area (TPSA) is 84.9 Å². The molecule has 0 saturated heterocycles. The molecule has 0 aromatic rings. The number of aliphatic carboxylic acids is 1. The van der Waals surface area contributed by atoms with Crippen LogP contribution < -0.4 is 5.73 Å². The number of carboxylic acid groups (broad SMARTS) is 1. The Morgan fingerprint density at radius 1 is 1.56 bits per heavy atom. The van der Waals surface area contributed by atoms with Crippen molar-refractivity contribution in [3.8, 4) is 0 Å². The molecular weight excluding hydrogens is 222 g/mol. The van der Waals surface area contributed by atoms with E-state index in [1.807, 2.05) is 0 Å². The van der Waals surface area contributed by atoms with Gasteiger partial charge in [-0.2, -0.15) is 0 Å². The Morgan fingerprint density at radius 3 is 2.56 bits per heavy atom. The molecule has 1 heterocycles. The number of nitrogens with zero attached hydrogens (tertiary/aromatic N) is 1. The molecule has 5 nitrogen and oxygen atoms in total. The molecular formula is C9H12F2N2O3. The molecule has 2 aliphatic rings. The van der Waals surface area contributed by atoms with E-state index in [2.05, 4.69) is 9.73 Å². The summed E-state index contributed by atoms with van der Waals surface area (Å²) < 4.78 is 32.0. The van der Waals surface area contributed by atoms with E-state index in [4.69, 9.17) is 10.8 Å². The van der Waals surface area contributed by atoms with Crippen molar-refractivity contribution in [3.05, 3.63) is 0 Å². The van der Waals surface area contributed by atoms with Crippen molar-refractivity contribution in [2.24, 2.45) is 16.1 Å². The van der Waals surface area contributed by atoms with Crippen molar-refractivity contribution in [1.82, 2.24) is 0 Å². The van der Waals surface area contributed by atoms with Gasteiger partial charge in [-0.1, -0.05) is 0 Å². The average Bonchev–Trinajstić information content (AvgIpc) is 2.93. The normalized spacial score (nSPS) is 34.8. The van der Waals surface area contributed by atoms with E-state index in [9.17, 15) is 13.6 Å². The minimum atomic E-state index is -3.33. The van der Waals surface area contributed by atoms with Crippen LogP contribution in [0.4, 0.5) is 8.78 Å². The highest BCUT2D eigenvalue weighted by atomic mass is 19.3. The van der Waals surface area contributed by atoms with Crippen molar-refractivity contribution >= 4 is 12.0 Å².